The van der Waals surface area contributed by atoms with Crippen molar-refractivity contribution in [1.82, 2.24) is 0 Å². The lowest BCUT2D eigenvalue weighted by molar-refractivity contribution is 0.474. The molecule has 0 saturated carbocycles. The molecule has 2 nitrogen and oxygen atoms in total. The first-order valence-electron chi connectivity index (χ1n) is 9.01. The van der Waals surface area contributed by atoms with Crippen LogP contribution in [0.3, 0.4) is 0 Å². The van der Waals surface area contributed by atoms with Gasteiger partial charge in [0, 0.05) is 0 Å². The maximum absolute atomic E-state index is 9.65. The van der Waals surface area contributed by atoms with Crippen molar-refractivity contribution in [1.29, 1.82) is 0 Å². The number of phenols is 2. The summed E-state index contributed by atoms with van der Waals surface area (Å²) in [6, 6.07) is 4.20. The van der Waals surface area contributed by atoms with Gasteiger partial charge in [-0.05, 0) is 60.3 Å². The second kappa shape index (κ2) is 6.11. The van der Waals surface area contributed by atoms with Crippen LogP contribution in [0.25, 0.3) is 11.1 Å². The molecule has 2 N–H and O–H groups in total. The summed E-state index contributed by atoms with van der Waals surface area (Å²) >= 11 is 0. The third-order valence-electron chi connectivity index (χ3n) is 2.78. The highest BCUT2D eigenvalue weighted by atomic mass is 16.3. The number of phenolic OH excluding ortho intramolecular Hbond substituents is 2. The van der Waals surface area contributed by atoms with E-state index in [2.05, 4.69) is 0 Å². The second-order valence-electron chi connectivity index (χ2n) is 4.01. The molecule has 0 saturated heterocycles. The maximum Gasteiger partial charge on any atom is 0.115 e. The van der Waals surface area contributed by atoms with Crippen LogP contribution in [-0.4, -0.2) is 10.2 Å². The van der Waals surface area contributed by atoms with Crippen LogP contribution in [0.4, 0.5) is 0 Å². The zero-order valence-electron chi connectivity index (χ0n) is 17.2. The standard InChI is InChI=1S/C18H18O2/c1-3-17(13-5-9-15(19)10-6-13)18(4-2)14-7-11-16(20)12-8-14/h3-12,19-20H,1-2H3/b17-3-,18-4+/i3D,4D,9D,10D,11D,12D. The highest BCUT2D eigenvalue weighted by molar-refractivity contribution is 6.04. The van der Waals surface area contributed by atoms with Crippen molar-refractivity contribution in [3.05, 3.63) is 71.7 Å². The molecular weight excluding hydrogens is 248 g/mol. The lowest BCUT2D eigenvalue weighted by Gasteiger charge is -2.13. The van der Waals surface area contributed by atoms with E-state index in [1.54, 1.807) is 0 Å². The van der Waals surface area contributed by atoms with Crippen molar-refractivity contribution >= 4 is 11.1 Å². The quantitative estimate of drug-likeness (QED) is 0.801. The molecule has 0 aliphatic rings. The van der Waals surface area contributed by atoms with Crippen molar-refractivity contribution in [2.45, 2.75) is 13.8 Å². The Bertz CT molecular complexity index is 815. The molecule has 0 heterocycles. The van der Waals surface area contributed by atoms with E-state index in [0.29, 0.717) is 11.1 Å². The van der Waals surface area contributed by atoms with Crippen LogP contribution in [0.15, 0.2) is 60.5 Å². The topological polar surface area (TPSA) is 40.5 Å². The molecule has 2 heteroatoms. The second-order valence-corrected chi connectivity index (χ2v) is 4.01. The summed E-state index contributed by atoms with van der Waals surface area (Å²) in [4.78, 5) is 0. The van der Waals surface area contributed by atoms with Gasteiger partial charge in [0.1, 0.15) is 11.5 Å². The fourth-order valence-electron chi connectivity index (χ4n) is 1.87. The van der Waals surface area contributed by atoms with E-state index in [4.69, 9.17) is 8.22 Å². The van der Waals surface area contributed by atoms with Crippen molar-refractivity contribution in [2.75, 3.05) is 0 Å². The van der Waals surface area contributed by atoms with E-state index in [9.17, 15) is 10.2 Å². The zero-order chi connectivity index (χ0) is 19.8. The number of hydrogen-bond acceptors (Lipinski definition) is 2. The molecule has 0 fully saturated rings. The Morgan fingerprint density at radius 2 is 1.15 bits per heavy atom. The van der Waals surface area contributed by atoms with Crippen LogP contribution in [0.5, 0.6) is 11.5 Å². The number of rotatable bonds is 3. The smallest absolute Gasteiger partial charge is 0.115 e. The zero-order valence-corrected chi connectivity index (χ0v) is 11.2. The molecular formula is C18H18O2. The molecule has 102 valence electrons. The number of aromatic hydroxyl groups is 2. The van der Waals surface area contributed by atoms with Crippen LogP contribution < -0.4 is 0 Å². The Balaban J connectivity index is 2.80. The van der Waals surface area contributed by atoms with Gasteiger partial charge in [-0.2, -0.15) is 0 Å². The fraction of sp³-hybridized carbons (Fsp3) is 0.111. The van der Waals surface area contributed by atoms with Gasteiger partial charge in [0.25, 0.3) is 0 Å². The number of allylic oxidation sites excluding steroid dienone is 4. The van der Waals surface area contributed by atoms with Gasteiger partial charge >= 0.3 is 0 Å². The Labute approximate surface area is 127 Å². The highest BCUT2D eigenvalue weighted by Gasteiger charge is 2.09. The van der Waals surface area contributed by atoms with Gasteiger partial charge in [0.15, 0.2) is 0 Å². The molecule has 20 heavy (non-hydrogen) atoms. The highest BCUT2D eigenvalue weighted by Crippen LogP contribution is 2.32. The van der Waals surface area contributed by atoms with Crippen molar-refractivity contribution in [3.63, 3.8) is 0 Å². The molecule has 0 bridgehead atoms. The fourth-order valence-corrected chi connectivity index (χ4v) is 1.87. The average molecular weight is 272 g/mol. The van der Waals surface area contributed by atoms with Gasteiger partial charge in [-0.3, -0.25) is 0 Å². The average Bonchev–Trinajstić information content (AvgIpc) is 2.53. The molecule has 0 aliphatic heterocycles. The van der Waals surface area contributed by atoms with Crippen LogP contribution in [0.2, 0.25) is 0 Å². The molecule has 2 aromatic carbocycles. The van der Waals surface area contributed by atoms with Gasteiger partial charge in [-0.15, -0.1) is 0 Å². The molecule has 0 amide bonds. The van der Waals surface area contributed by atoms with Crippen LogP contribution >= 0.6 is 0 Å². The van der Waals surface area contributed by atoms with Crippen LogP contribution in [0.1, 0.15) is 33.2 Å². The van der Waals surface area contributed by atoms with Crippen molar-refractivity contribution in [2.24, 2.45) is 0 Å². The Morgan fingerprint density at radius 1 is 0.850 bits per heavy atom. The predicted molar refractivity (Wildman–Crippen MR) is 83.5 cm³/mol. The minimum absolute atomic E-state index is 0.0576. The molecule has 0 aromatic heterocycles. The summed E-state index contributed by atoms with van der Waals surface area (Å²) in [5.74, 6) is -0.953. The molecule has 0 aliphatic carbocycles. The molecule has 0 atom stereocenters. The Kier molecular flexibility index (Phi) is 2.43. The number of hydrogen-bond donors (Lipinski definition) is 2. The van der Waals surface area contributed by atoms with Gasteiger partial charge in [-0.1, -0.05) is 36.4 Å². The van der Waals surface area contributed by atoms with E-state index in [1.165, 1.54) is 38.1 Å². The van der Waals surface area contributed by atoms with Gasteiger partial charge in [-0.25, -0.2) is 0 Å². The maximum atomic E-state index is 9.65. The Morgan fingerprint density at radius 3 is 1.40 bits per heavy atom. The first-order chi connectivity index (χ1) is 12.0. The first-order valence-corrected chi connectivity index (χ1v) is 6.01. The summed E-state index contributed by atoms with van der Waals surface area (Å²) in [6.45, 7) is 2.98. The normalized spacial score (nSPS) is 17.7. The summed E-state index contributed by atoms with van der Waals surface area (Å²) in [7, 11) is 0. The third-order valence-corrected chi connectivity index (χ3v) is 2.78. The van der Waals surface area contributed by atoms with Crippen molar-refractivity contribution in [3.8, 4) is 11.5 Å². The van der Waals surface area contributed by atoms with Gasteiger partial charge < -0.3 is 10.2 Å². The Hall–Kier alpha value is -2.48. The molecule has 0 radical (unpaired) electrons. The van der Waals surface area contributed by atoms with Crippen LogP contribution in [0, 0.1) is 0 Å². The summed E-state index contributed by atoms with van der Waals surface area (Å²) < 4.78 is 47.3. The monoisotopic (exact) mass is 272 g/mol. The van der Waals surface area contributed by atoms with E-state index < -0.39 is 11.5 Å². The number of benzene rings is 2. The van der Waals surface area contributed by atoms with Gasteiger partial charge in [0.2, 0.25) is 0 Å². The lowest BCUT2D eigenvalue weighted by atomic mass is 9.92. The molecule has 0 spiro atoms. The summed E-state index contributed by atoms with van der Waals surface area (Å²) in [5, 5.41) is 19.3. The largest absolute Gasteiger partial charge is 0.508 e. The lowest BCUT2D eigenvalue weighted by Crippen LogP contribution is -1.90. The van der Waals surface area contributed by atoms with E-state index >= 15 is 0 Å². The van der Waals surface area contributed by atoms with E-state index in [0.717, 1.165) is 0 Å². The minimum Gasteiger partial charge on any atom is -0.508 e. The molecule has 0 unspecified atom stereocenters. The van der Waals surface area contributed by atoms with Crippen molar-refractivity contribution < 1.29 is 18.4 Å². The first kappa shape index (κ1) is 7.95. The summed E-state index contributed by atoms with van der Waals surface area (Å²) in [5.41, 5.74) is 1.11. The van der Waals surface area contributed by atoms with E-state index in [-0.39, 0.29) is 47.4 Å². The van der Waals surface area contributed by atoms with Gasteiger partial charge in [0.05, 0.1) is 8.22 Å². The molecule has 2 aromatic rings. The third kappa shape index (κ3) is 2.91. The van der Waals surface area contributed by atoms with E-state index in [1.807, 2.05) is 0 Å². The van der Waals surface area contributed by atoms with Crippen LogP contribution in [-0.2, 0) is 0 Å². The SMILES string of the molecule is [2H]/C(C)=C(/C(=C(\[2H])C)c1cc([2H])c(O)c([2H])c1)c1cc([2H])c(O)c([2H])c1. The summed E-state index contributed by atoms with van der Waals surface area (Å²) in [6.07, 6.45) is 0. The predicted octanol–water partition coefficient (Wildman–Crippen LogP) is 4.60. The molecule has 2 rings (SSSR count). The minimum atomic E-state index is -0.476.